The number of esters is 2. The number of aryl methyl sites for hydroxylation is 3. The number of ether oxygens (including phenoxy) is 2. The normalized spacial score (nSPS) is 10.4. The van der Waals surface area contributed by atoms with Crippen molar-refractivity contribution < 1.29 is 62.8 Å². The number of rotatable bonds is 19. The summed E-state index contributed by atoms with van der Waals surface area (Å²) >= 11 is 0. The number of carboxylic acids is 2. The van der Waals surface area contributed by atoms with Gasteiger partial charge in [-0.1, -0.05) is 72.8 Å². The van der Waals surface area contributed by atoms with Gasteiger partial charge in [0.2, 0.25) is 11.8 Å². The molecule has 3 aromatic heterocycles. The fraction of sp³-hybridized carbons (Fsp3) is 0.0959. The Morgan fingerprint density at radius 2 is 0.747 bits per heavy atom. The number of hydrogen-bond acceptors (Lipinski definition) is 15. The highest BCUT2D eigenvalue weighted by Gasteiger charge is 2.12. The third kappa shape index (κ3) is 25.1. The maximum atomic E-state index is 12.5. The van der Waals surface area contributed by atoms with E-state index in [9.17, 15) is 43.2 Å². The second-order valence-corrected chi connectivity index (χ2v) is 20.2. The van der Waals surface area contributed by atoms with Gasteiger partial charge in [0.25, 0.3) is 17.7 Å². The molecule has 22 nitrogen and oxygen atoms in total. The first-order valence-corrected chi connectivity index (χ1v) is 29.2. The van der Waals surface area contributed by atoms with Crippen molar-refractivity contribution in [3.8, 4) is 0 Å². The lowest BCUT2D eigenvalue weighted by atomic mass is 10.1. The molecule has 0 aliphatic carbocycles. The van der Waals surface area contributed by atoms with E-state index >= 15 is 0 Å². The van der Waals surface area contributed by atoms with Crippen molar-refractivity contribution in [1.29, 1.82) is 0 Å². The van der Waals surface area contributed by atoms with Crippen molar-refractivity contribution >= 4 is 106 Å². The van der Waals surface area contributed by atoms with Gasteiger partial charge in [-0.05, 0) is 195 Å². The molecule has 0 fully saturated rings. The molecular weight excluding hydrogens is 1210 g/mol. The molecule has 6 aromatic carbocycles. The number of nitrogens with two attached hydrogens (primary N) is 1. The monoisotopic (exact) mass is 1280 g/mol. The van der Waals surface area contributed by atoms with Crippen LogP contribution >= 0.6 is 0 Å². The Labute approximate surface area is 547 Å². The van der Waals surface area contributed by atoms with Crippen molar-refractivity contribution in [2.45, 2.75) is 34.6 Å². The number of anilines is 6. The van der Waals surface area contributed by atoms with Crippen LogP contribution in [0.25, 0.3) is 18.2 Å². The van der Waals surface area contributed by atoms with Gasteiger partial charge in [-0.25, -0.2) is 34.1 Å². The van der Waals surface area contributed by atoms with Crippen LogP contribution in [-0.4, -0.2) is 91.8 Å². The quantitative estimate of drug-likeness (QED) is 0.0275. The van der Waals surface area contributed by atoms with Crippen LogP contribution in [0.1, 0.15) is 109 Å². The predicted octanol–water partition coefficient (Wildman–Crippen LogP) is 12.6. The standard InChI is InChI=1S/C25H23N3O4.C23H19N3O4.C17H15NO3.C8H10N2O2/c1-3-32-25(31)20-11-12-22(26-16-20)28-23(29)13-10-18-7-5-8-19(15-18)24(30)27-21-9-4-6-17(2)14-21;1-15-4-2-7-19(12-15)25-22(28)17-6-3-5-16(13-17)8-11-21(27)26-20-10-9-18(14-24-20)23(29)30;1-12-4-2-7-15(10-12)18-17(21)14-6-3-5-13(11-14)8-9-16(19)20;1-2-12-8(11)6-3-4-7(9)10-5-6/h4-16H,3H2,1-2H3,(H,27,30)(H,26,28,29);2-14H,1H3,(H,25,28)(H,29,30)(H,24,26,27);2-11H,1H3,(H,18,21)(H,19,20);3-5H,2H2,1H3,(H2,9,10)/b13-10+;11-8+;9-8+;. The van der Waals surface area contributed by atoms with Crippen LogP contribution in [0, 0.1) is 20.8 Å². The number of aromatic nitrogens is 3. The maximum Gasteiger partial charge on any atom is 0.339 e. The van der Waals surface area contributed by atoms with Crippen LogP contribution in [0.2, 0.25) is 0 Å². The van der Waals surface area contributed by atoms with E-state index in [-0.39, 0.29) is 41.7 Å². The molecule has 5 amide bonds. The summed E-state index contributed by atoms with van der Waals surface area (Å²) in [6.45, 7) is 9.97. The largest absolute Gasteiger partial charge is 0.478 e. The molecule has 0 bridgehead atoms. The Morgan fingerprint density at radius 1 is 0.400 bits per heavy atom. The smallest absolute Gasteiger partial charge is 0.339 e. The summed E-state index contributed by atoms with van der Waals surface area (Å²) in [6, 6.07) is 52.1. The predicted molar refractivity (Wildman–Crippen MR) is 365 cm³/mol. The summed E-state index contributed by atoms with van der Waals surface area (Å²) in [6.07, 6.45) is 12.2. The first-order valence-electron chi connectivity index (χ1n) is 29.2. The summed E-state index contributed by atoms with van der Waals surface area (Å²) in [4.78, 5) is 117. The van der Waals surface area contributed by atoms with Crippen molar-refractivity contribution in [3.05, 3.63) is 286 Å². The number of pyridine rings is 3. The summed E-state index contributed by atoms with van der Waals surface area (Å²) in [5, 5.41) is 31.1. The number of nitrogen functional groups attached to an aromatic ring is 1. The second kappa shape index (κ2) is 36.6. The SMILES string of the molecule is CCOC(=O)c1ccc(N)nc1.CCOC(=O)c1ccc(NC(=O)/C=C/c2cccc(C(=O)Nc3cccc(C)c3)c2)nc1.Cc1cccc(NC(=O)c2cccc(/C=C/C(=O)Nc3ccc(C(=O)O)cn3)c2)c1.Cc1cccc(NC(=O)c2cccc(/C=C/C(=O)O)c2)c1. The van der Waals surface area contributed by atoms with E-state index in [1.165, 1.54) is 54.9 Å². The third-order valence-corrected chi connectivity index (χ3v) is 12.6. The number of carbonyl (C=O) groups is 9. The van der Waals surface area contributed by atoms with Gasteiger partial charge in [-0.15, -0.1) is 0 Å². The number of amides is 5. The van der Waals surface area contributed by atoms with Gasteiger partial charge in [-0.2, -0.15) is 0 Å². The minimum atomic E-state index is -1.09. The summed E-state index contributed by atoms with van der Waals surface area (Å²) in [5.41, 5.74) is 14.9. The Hall–Kier alpha value is -13.0. The van der Waals surface area contributed by atoms with E-state index in [0.29, 0.717) is 68.4 Å². The molecule has 0 saturated heterocycles. The molecule has 0 spiro atoms. The van der Waals surface area contributed by atoms with Gasteiger partial charge < -0.3 is 52.0 Å². The number of carboxylic acid groups (broad SMARTS) is 2. The molecule has 482 valence electrons. The molecule has 3 heterocycles. The Balaban J connectivity index is 0.000000211. The Kier molecular flexibility index (Phi) is 27.4. The highest BCUT2D eigenvalue weighted by Crippen LogP contribution is 2.18. The first kappa shape index (κ1) is 71.1. The van der Waals surface area contributed by atoms with Crippen molar-refractivity contribution in [3.63, 3.8) is 0 Å². The molecule has 9 N–H and O–H groups in total. The van der Waals surface area contributed by atoms with Crippen molar-refractivity contribution in [2.75, 3.05) is 45.5 Å². The third-order valence-electron chi connectivity index (χ3n) is 12.6. The highest BCUT2D eigenvalue weighted by molar-refractivity contribution is 6.07. The molecule has 9 rings (SSSR count). The minimum Gasteiger partial charge on any atom is -0.478 e. The summed E-state index contributed by atoms with van der Waals surface area (Å²) in [7, 11) is 0. The topological polar surface area (TPSA) is 337 Å². The first-order chi connectivity index (χ1) is 45.6. The molecule has 0 aliphatic heterocycles. The van der Waals surface area contributed by atoms with Gasteiger partial charge in [0.05, 0.1) is 29.9 Å². The fourth-order valence-corrected chi connectivity index (χ4v) is 8.11. The number of benzene rings is 6. The van der Waals surface area contributed by atoms with Gasteiger partial charge >= 0.3 is 23.9 Å². The van der Waals surface area contributed by atoms with Gasteiger partial charge in [-0.3, -0.25) is 24.0 Å². The molecule has 22 heteroatoms. The molecular formula is C73H67N9O13. The fourth-order valence-electron chi connectivity index (χ4n) is 8.11. The number of nitrogens with one attached hydrogen (secondary N) is 5. The van der Waals surface area contributed by atoms with E-state index in [0.717, 1.165) is 40.3 Å². The molecule has 95 heavy (non-hydrogen) atoms. The number of nitrogens with zero attached hydrogens (tertiary/aromatic N) is 3. The average Bonchev–Trinajstić information content (AvgIpc) is 3.78. The van der Waals surface area contributed by atoms with Crippen LogP contribution in [-0.2, 0) is 23.9 Å². The lowest BCUT2D eigenvalue weighted by molar-refractivity contribution is -0.131. The molecule has 0 aliphatic rings. The number of aliphatic carboxylic acids is 1. The van der Waals surface area contributed by atoms with E-state index in [4.69, 9.17) is 25.4 Å². The van der Waals surface area contributed by atoms with Crippen LogP contribution < -0.4 is 32.3 Å². The van der Waals surface area contributed by atoms with E-state index in [1.807, 2.05) is 93.6 Å². The van der Waals surface area contributed by atoms with Gasteiger partial charge in [0, 0.05) is 70.6 Å². The van der Waals surface area contributed by atoms with Crippen molar-refractivity contribution in [2.24, 2.45) is 0 Å². The second-order valence-electron chi connectivity index (χ2n) is 20.2. The minimum absolute atomic E-state index is 0.0318. The number of aromatic carboxylic acids is 1. The lowest BCUT2D eigenvalue weighted by Crippen LogP contribution is -2.12. The van der Waals surface area contributed by atoms with Crippen LogP contribution in [0.3, 0.4) is 0 Å². The van der Waals surface area contributed by atoms with E-state index in [2.05, 4.69) is 41.5 Å². The molecule has 9 aromatic rings. The summed E-state index contributed by atoms with van der Waals surface area (Å²) < 4.78 is 9.64. The molecule has 0 atom stereocenters. The molecule has 0 saturated carbocycles. The Morgan fingerprint density at radius 3 is 1.06 bits per heavy atom. The lowest BCUT2D eigenvalue weighted by Gasteiger charge is -2.07. The highest BCUT2D eigenvalue weighted by atomic mass is 16.5. The van der Waals surface area contributed by atoms with Crippen molar-refractivity contribution in [1.82, 2.24) is 15.0 Å². The average molecular weight is 1280 g/mol. The zero-order valence-corrected chi connectivity index (χ0v) is 52.2. The number of hydrogen-bond donors (Lipinski definition) is 8. The number of carbonyl (C=O) groups excluding carboxylic acids is 7. The molecule has 0 radical (unpaired) electrons. The zero-order valence-electron chi connectivity index (χ0n) is 52.2. The molecule has 0 unspecified atom stereocenters. The van der Waals surface area contributed by atoms with E-state index < -0.39 is 29.7 Å². The van der Waals surface area contributed by atoms with E-state index in [1.54, 1.807) is 111 Å². The van der Waals surface area contributed by atoms with Crippen LogP contribution in [0.5, 0.6) is 0 Å². The van der Waals surface area contributed by atoms with Crippen LogP contribution in [0.4, 0.5) is 34.5 Å². The zero-order chi connectivity index (χ0) is 68.7. The van der Waals surface area contributed by atoms with Gasteiger partial charge in [0.15, 0.2) is 0 Å². The summed E-state index contributed by atoms with van der Waals surface area (Å²) in [5.74, 6) is -3.56. The van der Waals surface area contributed by atoms with Gasteiger partial charge in [0.1, 0.15) is 17.5 Å². The Bertz CT molecular complexity index is 4280. The maximum absolute atomic E-state index is 12.5. The van der Waals surface area contributed by atoms with Crippen LogP contribution in [0.15, 0.2) is 219 Å².